The van der Waals surface area contributed by atoms with E-state index in [9.17, 15) is 10.1 Å². The van der Waals surface area contributed by atoms with Gasteiger partial charge in [0, 0.05) is 10.6 Å². The van der Waals surface area contributed by atoms with Gasteiger partial charge in [-0.1, -0.05) is 11.6 Å². The van der Waals surface area contributed by atoms with E-state index < -0.39 is 4.92 Å². The molecule has 0 aliphatic carbocycles. The Bertz CT molecular complexity index is 935. The Hall–Kier alpha value is -2.83. The summed E-state index contributed by atoms with van der Waals surface area (Å²) in [6.45, 7) is 0. The summed E-state index contributed by atoms with van der Waals surface area (Å²) in [4.78, 5) is 11.5. The van der Waals surface area contributed by atoms with Crippen molar-refractivity contribution in [2.75, 3.05) is 5.32 Å². The molecule has 0 bridgehead atoms. The summed E-state index contributed by atoms with van der Waals surface area (Å²) in [6, 6.07) is 8.23. The fraction of sp³-hybridized carbons (Fsp3) is 0. The molecule has 8 nitrogen and oxygen atoms in total. The lowest BCUT2D eigenvalue weighted by Crippen LogP contribution is -1.98. The first-order valence-corrected chi connectivity index (χ1v) is 7.32. The summed E-state index contributed by atoms with van der Waals surface area (Å²) < 4.78 is 4.53. The Morgan fingerprint density at radius 3 is 2.65 bits per heavy atom. The minimum atomic E-state index is -0.578. The number of nitriles is 1. The Labute approximate surface area is 138 Å². The number of aromatic nitrogens is 2. The van der Waals surface area contributed by atoms with Gasteiger partial charge in [0.05, 0.1) is 9.95 Å². The molecule has 3 rings (SSSR count). The van der Waals surface area contributed by atoms with Crippen LogP contribution in [0.5, 0.6) is 0 Å². The van der Waals surface area contributed by atoms with Crippen LogP contribution < -0.4 is 5.32 Å². The van der Waals surface area contributed by atoms with Crippen LogP contribution >= 0.6 is 23.4 Å². The number of nitrogens with one attached hydrogen (secondary N) is 1. The predicted octanol–water partition coefficient (Wildman–Crippen LogP) is 4.10. The highest BCUT2D eigenvalue weighted by Crippen LogP contribution is 2.38. The Morgan fingerprint density at radius 2 is 2.00 bits per heavy atom. The van der Waals surface area contributed by atoms with Gasteiger partial charge >= 0.3 is 5.69 Å². The first-order valence-electron chi connectivity index (χ1n) is 6.12. The van der Waals surface area contributed by atoms with Crippen LogP contribution in [0.3, 0.4) is 0 Å². The van der Waals surface area contributed by atoms with E-state index in [1.54, 1.807) is 24.3 Å². The lowest BCUT2D eigenvalue weighted by atomic mass is 10.2. The van der Waals surface area contributed by atoms with E-state index in [0.29, 0.717) is 5.69 Å². The van der Waals surface area contributed by atoms with Crippen LogP contribution in [0.1, 0.15) is 0 Å². The Kier molecular flexibility index (Phi) is 4.01. The van der Waals surface area contributed by atoms with Crippen LogP contribution in [-0.4, -0.2) is 15.2 Å². The highest BCUT2D eigenvalue weighted by atomic mass is 35.5. The smallest absolute Gasteiger partial charge is 0.324 e. The minimum Gasteiger partial charge on any atom is -0.350 e. The van der Waals surface area contributed by atoms with Crippen molar-refractivity contribution in [3.05, 3.63) is 45.5 Å². The molecule has 1 N–H and O–H groups in total. The fourth-order valence-electron chi connectivity index (χ4n) is 1.99. The molecule has 0 spiro atoms. The second-order valence-corrected chi connectivity index (χ2v) is 5.58. The average molecular weight is 348 g/mol. The third kappa shape index (κ3) is 2.90. The molecule has 23 heavy (non-hydrogen) atoms. The second kappa shape index (κ2) is 6.12. The highest BCUT2D eigenvalue weighted by Gasteiger charge is 2.25. The lowest BCUT2D eigenvalue weighted by molar-refractivity contribution is -0.382. The van der Waals surface area contributed by atoms with Gasteiger partial charge in [-0.15, -0.1) is 0 Å². The summed E-state index contributed by atoms with van der Waals surface area (Å²) >= 11 is 7.07. The second-order valence-electron chi connectivity index (χ2n) is 4.32. The number of anilines is 2. The molecule has 0 aliphatic heterocycles. The van der Waals surface area contributed by atoms with Crippen molar-refractivity contribution in [2.24, 2.45) is 0 Å². The molecule has 0 radical (unpaired) electrons. The maximum atomic E-state index is 11.3. The van der Waals surface area contributed by atoms with Gasteiger partial charge in [-0.25, -0.2) is 4.63 Å². The van der Waals surface area contributed by atoms with Gasteiger partial charge in [0.15, 0.2) is 5.52 Å². The van der Waals surface area contributed by atoms with Gasteiger partial charge in [-0.3, -0.25) is 10.1 Å². The third-order valence-corrected chi connectivity index (χ3v) is 3.83. The monoisotopic (exact) mass is 347 g/mol. The lowest BCUT2D eigenvalue weighted by Gasteiger charge is -2.08. The van der Waals surface area contributed by atoms with Crippen molar-refractivity contribution >= 4 is 51.5 Å². The zero-order valence-corrected chi connectivity index (χ0v) is 12.8. The number of nitrogens with zero attached hydrogens (tertiary/aromatic N) is 4. The molecule has 1 aromatic heterocycles. The summed E-state index contributed by atoms with van der Waals surface area (Å²) in [5, 5.41) is 32.1. The number of rotatable bonds is 4. The molecule has 0 aliphatic rings. The van der Waals surface area contributed by atoms with Crippen LogP contribution in [0, 0.1) is 20.8 Å². The van der Waals surface area contributed by atoms with E-state index in [1.807, 2.05) is 5.40 Å². The molecule has 0 saturated carbocycles. The maximum absolute atomic E-state index is 11.3. The summed E-state index contributed by atoms with van der Waals surface area (Å²) in [6.07, 6.45) is 0. The molecule has 2 aromatic carbocycles. The van der Waals surface area contributed by atoms with Crippen molar-refractivity contribution in [3.63, 3.8) is 0 Å². The Balaban J connectivity index is 2.04. The van der Waals surface area contributed by atoms with Crippen molar-refractivity contribution in [1.82, 2.24) is 10.3 Å². The largest absolute Gasteiger partial charge is 0.350 e. The molecule has 0 amide bonds. The van der Waals surface area contributed by atoms with E-state index in [0.717, 1.165) is 16.7 Å². The van der Waals surface area contributed by atoms with Crippen molar-refractivity contribution in [3.8, 4) is 5.40 Å². The Morgan fingerprint density at radius 1 is 1.30 bits per heavy atom. The van der Waals surface area contributed by atoms with Crippen molar-refractivity contribution < 1.29 is 9.55 Å². The summed E-state index contributed by atoms with van der Waals surface area (Å²) in [5.74, 6) is 0. The van der Waals surface area contributed by atoms with Crippen LogP contribution in [0.15, 0.2) is 39.9 Å². The predicted molar refractivity (Wildman–Crippen MR) is 84.7 cm³/mol. The number of halogens is 1. The normalized spacial score (nSPS) is 10.4. The first kappa shape index (κ1) is 15.1. The van der Waals surface area contributed by atoms with E-state index in [1.165, 1.54) is 6.07 Å². The van der Waals surface area contributed by atoms with Gasteiger partial charge < -0.3 is 5.32 Å². The van der Waals surface area contributed by atoms with E-state index in [2.05, 4.69) is 20.3 Å². The zero-order valence-electron chi connectivity index (χ0n) is 11.2. The molecule has 1 heterocycles. The fourth-order valence-corrected chi connectivity index (χ4v) is 2.60. The highest BCUT2D eigenvalue weighted by molar-refractivity contribution is 8.03. The molecule has 0 saturated heterocycles. The molecule has 0 atom stereocenters. The van der Waals surface area contributed by atoms with Crippen LogP contribution in [0.4, 0.5) is 17.1 Å². The van der Waals surface area contributed by atoms with E-state index >= 15 is 0 Å². The van der Waals surface area contributed by atoms with Gasteiger partial charge in [-0.2, -0.15) is 5.26 Å². The number of nitro benzene ring substituents is 1. The average Bonchev–Trinajstić information content (AvgIpc) is 2.99. The quantitative estimate of drug-likeness (QED) is 0.324. The van der Waals surface area contributed by atoms with Gasteiger partial charge in [0.2, 0.25) is 5.52 Å². The SMILES string of the molecule is N#CSc1ccc(Nc2cc(Cl)c3nonc3c2[N+](=O)[O-])cc1. The molecule has 0 unspecified atom stereocenters. The van der Waals surface area contributed by atoms with Gasteiger partial charge in [0.25, 0.3) is 0 Å². The molecular weight excluding hydrogens is 342 g/mol. The molecular formula is C13H6ClN5O3S. The van der Waals surface area contributed by atoms with Crippen molar-refractivity contribution in [1.29, 1.82) is 5.26 Å². The minimum absolute atomic E-state index is 0.0262. The molecule has 0 fully saturated rings. The number of nitro groups is 1. The van der Waals surface area contributed by atoms with Crippen LogP contribution in [0.25, 0.3) is 11.0 Å². The number of thiocyanates is 1. The number of fused-ring (bicyclic) bond motifs is 1. The maximum Gasteiger partial charge on any atom is 0.324 e. The number of benzene rings is 2. The molecule has 10 heteroatoms. The summed E-state index contributed by atoms with van der Waals surface area (Å²) in [7, 11) is 0. The standard InChI is InChI=1S/C13H6ClN5O3S/c14-9-5-10(13(19(20)21)12-11(9)17-22-18-12)16-7-1-3-8(4-2-7)23-6-15/h1-5,16H. The summed E-state index contributed by atoms with van der Waals surface area (Å²) in [5.41, 5.74) is 0.596. The number of hydrogen-bond donors (Lipinski definition) is 1. The van der Waals surface area contributed by atoms with Crippen molar-refractivity contribution in [2.45, 2.75) is 4.90 Å². The number of thioether (sulfide) groups is 1. The topological polar surface area (TPSA) is 118 Å². The third-order valence-electron chi connectivity index (χ3n) is 2.94. The molecule has 3 aromatic rings. The van der Waals surface area contributed by atoms with Crippen LogP contribution in [0.2, 0.25) is 5.02 Å². The first-order chi connectivity index (χ1) is 11.1. The van der Waals surface area contributed by atoms with Gasteiger partial charge in [-0.05, 0) is 52.4 Å². The zero-order chi connectivity index (χ0) is 16.4. The number of hydrogen-bond acceptors (Lipinski definition) is 8. The van der Waals surface area contributed by atoms with E-state index in [4.69, 9.17) is 16.9 Å². The molecule has 114 valence electrons. The van der Waals surface area contributed by atoms with E-state index in [-0.39, 0.29) is 27.4 Å². The van der Waals surface area contributed by atoms with Gasteiger partial charge in [0.1, 0.15) is 11.1 Å². The van der Waals surface area contributed by atoms with Crippen LogP contribution in [-0.2, 0) is 0 Å².